The first kappa shape index (κ1) is 15.1. The van der Waals surface area contributed by atoms with Gasteiger partial charge in [0.15, 0.2) is 0 Å². The Bertz CT molecular complexity index is 576. The third-order valence-corrected chi connectivity index (χ3v) is 3.54. The van der Waals surface area contributed by atoms with Gasteiger partial charge in [-0.3, -0.25) is 0 Å². The van der Waals surface area contributed by atoms with Crippen LogP contribution in [-0.4, -0.2) is 16.8 Å². The van der Waals surface area contributed by atoms with Gasteiger partial charge in [0, 0.05) is 17.1 Å². The first-order valence-electron chi connectivity index (χ1n) is 6.18. The van der Waals surface area contributed by atoms with Crippen molar-refractivity contribution in [1.29, 1.82) is 0 Å². The van der Waals surface area contributed by atoms with Crippen LogP contribution in [0.15, 0.2) is 42.5 Å². The number of benzene rings is 2. The lowest BCUT2D eigenvalue weighted by molar-refractivity contribution is 0.243. The molecule has 3 nitrogen and oxygen atoms in total. The van der Waals surface area contributed by atoms with Gasteiger partial charge in [0.25, 0.3) is 0 Å². The third-order valence-electron chi connectivity index (χ3n) is 3.03. The fourth-order valence-corrected chi connectivity index (χ4v) is 2.50. The maximum atomic E-state index is 9.89. The molecule has 1 unspecified atom stereocenters. The van der Waals surface area contributed by atoms with Crippen LogP contribution in [0.5, 0.6) is 5.75 Å². The van der Waals surface area contributed by atoms with Crippen molar-refractivity contribution in [2.75, 3.05) is 6.61 Å². The summed E-state index contributed by atoms with van der Waals surface area (Å²) in [5.74, 6) is 0.00770. The molecule has 0 heterocycles. The summed E-state index contributed by atoms with van der Waals surface area (Å²) in [6.45, 7) is 0.311. The molecule has 0 aliphatic carbocycles. The van der Waals surface area contributed by atoms with Crippen LogP contribution in [0, 0.1) is 0 Å². The zero-order chi connectivity index (χ0) is 14.5. The van der Waals surface area contributed by atoms with Gasteiger partial charge in [-0.25, -0.2) is 0 Å². The van der Waals surface area contributed by atoms with Crippen LogP contribution in [-0.2, 0) is 6.54 Å². The number of aromatic hydroxyl groups is 1. The minimum atomic E-state index is -0.214. The molecular weight excluding hydrogens is 297 g/mol. The molecule has 0 aliphatic heterocycles. The summed E-state index contributed by atoms with van der Waals surface area (Å²) in [5.41, 5.74) is 1.57. The lowest BCUT2D eigenvalue weighted by Crippen LogP contribution is -2.24. The molecule has 2 rings (SSSR count). The van der Waals surface area contributed by atoms with Gasteiger partial charge in [-0.2, -0.15) is 0 Å². The summed E-state index contributed by atoms with van der Waals surface area (Å²) < 4.78 is 0. The lowest BCUT2D eigenvalue weighted by atomic mass is 10.1. The van der Waals surface area contributed by atoms with Crippen molar-refractivity contribution in [2.45, 2.75) is 12.6 Å². The van der Waals surface area contributed by atoms with Crippen LogP contribution in [0.3, 0.4) is 0 Å². The molecule has 0 aliphatic rings. The summed E-state index contributed by atoms with van der Waals surface area (Å²) in [6, 6.07) is 12.5. The van der Waals surface area contributed by atoms with Crippen molar-refractivity contribution in [2.24, 2.45) is 0 Å². The molecule has 0 radical (unpaired) electrons. The molecule has 20 heavy (non-hydrogen) atoms. The topological polar surface area (TPSA) is 52.5 Å². The van der Waals surface area contributed by atoms with Gasteiger partial charge in [-0.1, -0.05) is 53.5 Å². The van der Waals surface area contributed by atoms with E-state index in [1.807, 2.05) is 30.3 Å². The zero-order valence-electron chi connectivity index (χ0n) is 10.7. The van der Waals surface area contributed by atoms with Gasteiger partial charge >= 0.3 is 0 Å². The number of halogens is 2. The third kappa shape index (κ3) is 3.64. The molecule has 0 bridgehead atoms. The van der Waals surface area contributed by atoms with Crippen LogP contribution >= 0.6 is 23.2 Å². The smallest absolute Gasteiger partial charge is 0.138 e. The van der Waals surface area contributed by atoms with Gasteiger partial charge in [-0.05, 0) is 17.7 Å². The second-order valence-corrected chi connectivity index (χ2v) is 5.27. The predicted octanol–water partition coefficient (Wildman–Crippen LogP) is 3.52. The highest BCUT2D eigenvalue weighted by Crippen LogP contribution is 2.31. The Labute approximate surface area is 127 Å². The molecule has 3 N–H and O–H groups in total. The average molecular weight is 312 g/mol. The highest BCUT2D eigenvalue weighted by molar-refractivity contribution is 6.35. The van der Waals surface area contributed by atoms with E-state index in [1.54, 1.807) is 6.07 Å². The molecule has 2 aromatic rings. The Morgan fingerprint density at radius 3 is 2.45 bits per heavy atom. The summed E-state index contributed by atoms with van der Waals surface area (Å²) in [4.78, 5) is 0. The van der Waals surface area contributed by atoms with Crippen molar-refractivity contribution in [3.63, 3.8) is 0 Å². The molecule has 0 amide bonds. The number of phenols is 1. The second kappa shape index (κ2) is 6.95. The molecule has 0 spiro atoms. The Morgan fingerprint density at radius 2 is 1.80 bits per heavy atom. The number of rotatable bonds is 5. The van der Waals surface area contributed by atoms with E-state index in [4.69, 9.17) is 23.2 Å². The van der Waals surface area contributed by atoms with E-state index >= 15 is 0 Å². The quantitative estimate of drug-likeness (QED) is 0.792. The molecule has 0 aromatic heterocycles. The van der Waals surface area contributed by atoms with Crippen molar-refractivity contribution in [3.05, 3.63) is 63.6 Å². The summed E-state index contributed by atoms with van der Waals surface area (Å²) >= 11 is 11.8. The Morgan fingerprint density at radius 1 is 1.10 bits per heavy atom. The predicted molar refractivity (Wildman–Crippen MR) is 81.2 cm³/mol. The maximum Gasteiger partial charge on any atom is 0.138 e. The minimum absolute atomic E-state index is 0.00770. The number of aliphatic hydroxyl groups is 1. The van der Waals surface area contributed by atoms with E-state index in [1.165, 1.54) is 6.07 Å². The molecule has 2 aromatic carbocycles. The molecule has 5 heteroatoms. The highest BCUT2D eigenvalue weighted by Gasteiger charge is 2.12. The summed E-state index contributed by atoms with van der Waals surface area (Å²) in [6.07, 6.45) is 0. The van der Waals surface area contributed by atoms with Gasteiger partial charge in [0.2, 0.25) is 0 Å². The standard InChI is InChI=1S/C15H15Cl2NO2/c16-12-6-11(15(20)13(17)7-12)8-18-14(9-19)10-4-2-1-3-5-10/h1-7,14,18-20H,8-9H2. The number of phenolic OH excluding ortho intramolecular Hbond substituents is 1. The van der Waals surface area contributed by atoms with Crippen molar-refractivity contribution >= 4 is 23.2 Å². The van der Waals surface area contributed by atoms with E-state index < -0.39 is 0 Å². The van der Waals surface area contributed by atoms with Gasteiger partial charge in [-0.15, -0.1) is 0 Å². The Kier molecular flexibility index (Phi) is 5.26. The van der Waals surface area contributed by atoms with Crippen LogP contribution in [0.1, 0.15) is 17.2 Å². The number of nitrogens with one attached hydrogen (secondary N) is 1. The van der Waals surface area contributed by atoms with Gasteiger partial charge in [0.1, 0.15) is 5.75 Å². The van der Waals surface area contributed by atoms with Gasteiger partial charge < -0.3 is 15.5 Å². The Hall–Kier alpha value is -1.26. The van der Waals surface area contributed by atoms with Crippen LogP contribution < -0.4 is 5.32 Å². The molecule has 106 valence electrons. The second-order valence-electron chi connectivity index (χ2n) is 4.42. The number of hydrogen-bond acceptors (Lipinski definition) is 3. The lowest BCUT2D eigenvalue weighted by Gasteiger charge is -2.17. The van der Waals surface area contributed by atoms with E-state index in [0.717, 1.165) is 5.56 Å². The van der Waals surface area contributed by atoms with Crippen LogP contribution in [0.4, 0.5) is 0 Å². The average Bonchev–Trinajstić information content (AvgIpc) is 2.45. The summed E-state index contributed by atoms with van der Waals surface area (Å²) in [5, 5.41) is 23.2. The normalized spacial score (nSPS) is 12.3. The van der Waals surface area contributed by atoms with Gasteiger partial charge in [0.05, 0.1) is 17.7 Å². The molecule has 0 saturated heterocycles. The SMILES string of the molecule is OCC(NCc1cc(Cl)cc(Cl)c1O)c1ccccc1. The fourth-order valence-electron chi connectivity index (χ4n) is 1.96. The van der Waals surface area contributed by atoms with Crippen molar-refractivity contribution in [1.82, 2.24) is 5.32 Å². The minimum Gasteiger partial charge on any atom is -0.506 e. The van der Waals surface area contributed by atoms with Crippen LogP contribution in [0.25, 0.3) is 0 Å². The van der Waals surface area contributed by atoms with E-state index in [0.29, 0.717) is 17.1 Å². The molecule has 1 atom stereocenters. The monoisotopic (exact) mass is 311 g/mol. The molecular formula is C15H15Cl2NO2. The fraction of sp³-hybridized carbons (Fsp3) is 0.200. The largest absolute Gasteiger partial charge is 0.506 e. The Balaban J connectivity index is 2.11. The van der Waals surface area contributed by atoms with E-state index in [9.17, 15) is 10.2 Å². The first-order valence-corrected chi connectivity index (χ1v) is 6.93. The van der Waals surface area contributed by atoms with E-state index in [2.05, 4.69) is 5.32 Å². The first-order chi connectivity index (χ1) is 9.61. The number of aliphatic hydroxyl groups excluding tert-OH is 1. The highest BCUT2D eigenvalue weighted by atomic mass is 35.5. The van der Waals surface area contributed by atoms with Crippen molar-refractivity contribution in [3.8, 4) is 5.75 Å². The molecule has 0 saturated carbocycles. The number of hydrogen-bond donors (Lipinski definition) is 3. The zero-order valence-corrected chi connectivity index (χ0v) is 12.2. The van der Waals surface area contributed by atoms with Crippen LogP contribution in [0.2, 0.25) is 10.0 Å². The maximum absolute atomic E-state index is 9.89. The summed E-state index contributed by atoms with van der Waals surface area (Å²) in [7, 11) is 0. The molecule has 0 fully saturated rings. The van der Waals surface area contributed by atoms with Crippen molar-refractivity contribution < 1.29 is 10.2 Å². The van der Waals surface area contributed by atoms with E-state index in [-0.39, 0.29) is 23.4 Å².